The van der Waals surface area contributed by atoms with E-state index in [2.05, 4.69) is 57.0 Å². The Morgan fingerprint density at radius 3 is 2.62 bits per heavy atom. The number of anilines is 1. The van der Waals surface area contributed by atoms with Gasteiger partial charge in [0.05, 0.1) is 15.2 Å². The normalized spacial score (nSPS) is 11.0. The lowest BCUT2D eigenvalue weighted by atomic mass is 10.1. The van der Waals surface area contributed by atoms with Crippen LogP contribution in [0.4, 0.5) is 5.82 Å². The van der Waals surface area contributed by atoms with Crippen LogP contribution in [0.3, 0.4) is 0 Å². The monoisotopic (exact) mass is 368 g/mol. The number of hydrogen-bond donors (Lipinski definition) is 1. The molecule has 112 valence electrons. The Labute approximate surface area is 138 Å². The van der Waals surface area contributed by atoms with Gasteiger partial charge in [0.25, 0.3) is 0 Å². The minimum Gasteiger partial charge on any atom is -0.369 e. The number of nitrogens with zero attached hydrogens (tertiary/aromatic N) is 3. The average molecular weight is 370 g/mol. The van der Waals surface area contributed by atoms with Crippen molar-refractivity contribution >= 4 is 33.3 Å². The molecule has 0 amide bonds. The van der Waals surface area contributed by atoms with Crippen LogP contribution in [0.2, 0.25) is 5.02 Å². The Morgan fingerprint density at radius 1 is 1.29 bits per heavy atom. The van der Waals surface area contributed by atoms with E-state index in [0.29, 0.717) is 16.5 Å². The van der Waals surface area contributed by atoms with Gasteiger partial charge in [-0.25, -0.2) is 9.97 Å². The molecule has 0 unspecified atom stereocenters. The molecule has 21 heavy (non-hydrogen) atoms. The van der Waals surface area contributed by atoms with E-state index in [-0.39, 0.29) is 5.92 Å². The molecule has 0 aromatic carbocycles. The first kappa shape index (κ1) is 16.2. The number of hydrogen-bond acceptors (Lipinski definition) is 4. The number of aromatic nitrogens is 3. The molecule has 0 radical (unpaired) electrons. The maximum Gasteiger partial charge on any atom is 0.180 e. The van der Waals surface area contributed by atoms with E-state index in [1.54, 1.807) is 12.3 Å². The molecular weight excluding hydrogens is 352 g/mol. The molecule has 0 aliphatic heterocycles. The van der Waals surface area contributed by atoms with Gasteiger partial charge in [-0.15, -0.1) is 0 Å². The average Bonchev–Trinajstić information content (AvgIpc) is 2.47. The van der Waals surface area contributed by atoms with E-state index in [4.69, 9.17) is 11.6 Å². The summed E-state index contributed by atoms with van der Waals surface area (Å²) in [5, 5.41) is 3.93. The standard InChI is InChI=1S/C15H18BrClN4/c1-4-7-18-15-12(16)13(9(2)3)20-14(21-15)11-6-5-10(17)8-19-11/h5-6,8-9H,4,7H2,1-3H3,(H,18,20,21). The van der Waals surface area contributed by atoms with Crippen molar-refractivity contribution in [1.29, 1.82) is 0 Å². The van der Waals surface area contributed by atoms with E-state index < -0.39 is 0 Å². The van der Waals surface area contributed by atoms with Gasteiger partial charge < -0.3 is 5.32 Å². The molecular formula is C15H18BrClN4. The lowest BCUT2D eigenvalue weighted by molar-refractivity contribution is 0.807. The molecule has 0 bridgehead atoms. The van der Waals surface area contributed by atoms with Crippen LogP contribution >= 0.6 is 27.5 Å². The lowest BCUT2D eigenvalue weighted by Gasteiger charge is -2.14. The summed E-state index contributed by atoms with van der Waals surface area (Å²) in [5.41, 5.74) is 1.68. The van der Waals surface area contributed by atoms with Crippen LogP contribution in [0.25, 0.3) is 11.5 Å². The van der Waals surface area contributed by atoms with Crippen molar-refractivity contribution < 1.29 is 0 Å². The fourth-order valence-electron chi connectivity index (χ4n) is 1.83. The van der Waals surface area contributed by atoms with Crippen LogP contribution < -0.4 is 5.32 Å². The molecule has 2 aromatic rings. The van der Waals surface area contributed by atoms with Crippen LogP contribution in [-0.4, -0.2) is 21.5 Å². The molecule has 0 spiro atoms. The highest BCUT2D eigenvalue weighted by Gasteiger charge is 2.16. The third kappa shape index (κ3) is 3.92. The van der Waals surface area contributed by atoms with Crippen molar-refractivity contribution in [1.82, 2.24) is 15.0 Å². The van der Waals surface area contributed by atoms with Crippen molar-refractivity contribution in [2.45, 2.75) is 33.1 Å². The number of nitrogens with one attached hydrogen (secondary N) is 1. The van der Waals surface area contributed by atoms with E-state index >= 15 is 0 Å². The minimum atomic E-state index is 0.288. The zero-order valence-electron chi connectivity index (χ0n) is 12.3. The summed E-state index contributed by atoms with van der Waals surface area (Å²) in [6.07, 6.45) is 2.64. The first-order chi connectivity index (χ1) is 10.0. The van der Waals surface area contributed by atoms with Gasteiger partial charge >= 0.3 is 0 Å². The fraction of sp³-hybridized carbons (Fsp3) is 0.400. The summed E-state index contributed by atoms with van der Waals surface area (Å²) in [4.78, 5) is 13.5. The predicted octanol–water partition coefficient (Wildman–Crippen LogP) is 4.90. The molecule has 0 aliphatic rings. The van der Waals surface area contributed by atoms with Crippen LogP contribution in [0.1, 0.15) is 38.8 Å². The molecule has 2 heterocycles. The molecule has 0 saturated heterocycles. The summed E-state index contributed by atoms with van der Waals surface area (Å²) in [6, 6.07) is 3.63. The Balaban J connectivity index is 2.50. The van der Waals surface area contributed by atoms with E-state index in [1.807, 2.05) is 6.07 Å². The third-order valence-corrected chi connectivity index (χ3v) is 3.93. The van der Waals surface area contributed by atoms with E-state index in [0.717, 1.165) is 29.0 Å². The Bertz CT molecular complexity index is 614. The molecule has 0 saturated carbocycles. The largest absolute Gasteiger partial charge is 0.369 e. The molecule has 6 heteroatoms. The van der Waals surface area contributed by atoms with Gasteiger partial charge in [-0.3, -0.25) is 4.98 Å². The maximum atomic E-state index is 5.88. The molecule has 0 fully saturated rings. The minimum absolute atomic E-state index is 0.288. The number of halogens is 2. The molecule has 1 N–H and O–H groups in total. The van der Waals surface area contributed by atoms with Crippen molar-refractivity contribution in [2.75, 3.05) is 11.9 Å². The predicted molar refractivity (Wildman–Crippen MR) is 90.8 cm³/mol. The van der Waals surface area contributed by atoms with Crippen molar-refractivity contribution in [2.24, 2.45) is 0 Å². The van der Waals surface area contributed by atoms with Crippen molar-refractivity contribution in [3.8, 4) is 11.5 Å². The summed E-state index contributed by atoms with van der Waals surface area (Å²) in [5.74, 6) is 1.70. The summed E-state index contributed by atoms with van der Waals surface area (Å²) < 4.78 is 0.920. The van der Waals surface area contributed by atoms with Gasteiger partial charge in [-0.2, -0.15) is 0 Å². The first-order valence-corrected chi connectivity index (χ1v) is 8.13. The van der Waals surface area contributed by atoms with Gasteiger partial charge in [-0.05, 0) is 40.4 Å². The lowest BCUT2D eigenvalue weighted by Crippen LogP contribution is -2.08. The molecule has 2 aromatic heterocycles. The van der Waals surface area contributed by atoms with Crippen LogP contribution in [0, 0.1) is 0 Å². The number of pyridine rings is 1. The van der Waals surface area contributed by atoms with Crippen LogP contribution in [0.5, 0.6) is 0 Å². The zero-order valence-corrected chi connectivity index (χ0v) is 14.7. The third-order valence-electron chi connectivity index (χ3n) is 2.92. The topological polar surface area (TPSA) is 50.7 Å². The smallest absolute Gasteiger partial charge is 0.180 e. The van der Waals surface area contributed by atoms with E-state index in [9.17, 15) is 0 Å². The molecule has 4 nitrogen and oxygen atoms in total. The van der Waals surface area contributed by atoms with Crippen molar-refractivity contribution in [3.63, 3.8) is 0 Å². The molecule has 0 aliphatic carbocycles. The van der Waals surface area contributed by atoms with Crippen molar-refractivity contribution in [3.05, 3.63) is 33.5 Å². The second-order valence-corrected chi connectivity index (χ2v) is 6.27. The second kappa shape index (κ2) is 7.18. The Hall–Kier alpha value is -1.20. The summed E-state index contributed by atoms with van der Waals surface area (Å²) >= 11 is 9.48. The van der Waals surface area contributed by atoms with Gasteiger partial charge in [0.15, 0.2) is 5.82 Å². The zero-order chi connectivity index (χ0) is 15.4. The van der Waals surface area contributed by atoms with Gasteiger partial charge in [0, 0.05) is 12.7 Å². The molecule has 0 atom stereocenters. The first-order valence-electron chi connectivity index (χ1n) is 6.96. The second-order valence-electron chi connectivity index (χ2n) is 5.04. The van der Waals surface area contributed by atoms with Gasteiger partial charge in [0.1, 0.15) is 11.5 Å². The molecule has 2 rings (SSSR count). The van der Waals surface area contributed by atoms with Crippen LogP contribution in [0.15, 0.2) is 22.8 Å². The highest BCUT2D eigenvalue weighted by Crippen LogP contribution is 2.31. The Kier molecular flexibility index (Phi) is 5.53. The van der Waals surface area contributed by atoms with Crippen LogP contribution in [-0.2, 0) is 0 Å². The summed E-state index contributed by atoms with van der Waals surface area (Å²) in [6.45, 7) is 7.19. The highest BCUT2D eigenvalue weighted by molar-refractivity contribution is 9.10. The Morgan fingerprint density at radius 2 is 2.05 bits per heavy atom. The quantitative estimate of drug-likeness (QED) is 0.814. The van der Waals surface area contributed by atoms with Gasteiger partial charge in [-0.1, -0.05) is 32.4 Å². The number of rotatable bonds is 5. The summed E-state index contributed by atoms with van der Waals surface area (Å²) in [7, 11) is 0. The highest BCUT2D eigenvalue weighted by atomic mass is 79.9. The fourth-order valence-corrected chi connectivity index (χ4v) is 2.72. The SMILES string of the molecule is CCCNc1nc(-c2ccc(Cl)cn2)nc(C(C)C)c1Br. The van der Waals surface area contributed by atoms with E-state index in [1.165, 1.54) is 0 Å². The maximum absolute atomic E-state index is 5.88. The van der Waals surface area contributed by atoms with Gasteiger partial charge in [0.2, 0.25) is 0 Å².